The van der Waals surface area contributed by atoms with Crippen LogP contribution in [0.3, 0.4) is 0 Å². The molecule has 14 nitrogen and oxygen atoms in total. The van der Waals surface area contributed by atoms with Gasteiger partial charge in [-0.3, -0.25) is 24.1 Å². The number of thioether (sulfide) groups is 1. The van der Waals surface area contributed by atoms with Gasteiger partial charge in [-0.2, -0.15) is 0 Å². The number of carbonyl (C=O) groups is 5. The van der Waals surface area contributed by atoms with Crippen molar-refractivity contribution >= 4 is 63.7 Å². The highest BCUT2D eigenvalue weighted by Gasteiger charge is 2.54. The second-order valence-electron chi connectivity index (χ2n) is 7.44. The van der Waals surface area contributed by atoms with E-state index in [1.165, 1.54) is 31.0 Å². The Morgan fingerprint density at radius 2 is 2.09 bits per heavy atom. The van der Waals surface area contributed by atoms with Crippen molar-refractivity contribution in [2.24, 2.45) is 11.1 Å². The fourth-order valence-electron chi connectivity index (χ4n) is 3.08. The number of nitrogens with zero attached hydrogens (tertiary/aromatic N) is 3. The first-order chi connectivity index (χ1) is 16.5. The summed E-state index contributed by atoms with van der Waals surface area (Å²) in [5.74, 6) is -5.33. The molecule has 0 saturated carbocycles. The molecule has 3 rings (SSSR count). The van der Waals surface area contributed by atoms with Crippen molar-refractivity contribution in [3.05, 3.63) is 22.3 Å². The Bertz CT molecular complexity index is 1130. The van der Waals surface area contributed by atoms with E-state index >= 15 is 0 Å². The van der Waals surface area contributed by atoms with E-state index in [1.54, 1.807) is 0 Å². The lowest BCUT2D eigenvalue weighted by atomic mass is 10.0. The molecule has 2 unspecified atom stereocenters. The van der Waals surface area contributed by atoms with Crippen LogP contribution < -0.4 is 11.1 Å². The molecule has 0 aromatic carbocycles. The summed E-state index contributed by atoms with van der Waals surface area (Å²) in [6.07, 6.45) is 0. The van der Waals surface area contributed by atoms with Crippen LogP contribution in [0.2, 0.25) is 0 Å². The number of hydrogen-bond donors (Lipinski definition) is 4. The number of β-lactam (4-membered cyclic amide) rings is 1. The van der Waals surface area contributed by atoms with Gasteiger partial charge >= 0.3 is 17.9 Å². The Hall–Kier alpha value is -3.66. The number of fused-ring (bicyclic) bond motifs is 1. The summed E-state index contributed by atoms with van der Waals surface area (Å²) in [6, 6.07) is -1.07. The van der Waals surface area contributed by atoms with E-state index in [-0.39, 0.29) is 46.8 Å². The minimum absolute atomic E-state index is 0.0580. The molecule has 188 valence electrons. The number of thiazole rings is 1. The average Bonchev–Trinajstić information content (AvgIpc) is 3.23. The maximum atomic E-state index is 13.0. The van der Waals surface area contributed by atoms with Gasteiger partial charge in [-0.25, -0.2) is 9.78 Å². The fourth-order valence-corrected chi connectivity index (χ4v) is 4.95. The average molecular weight is 528 g/mol. The van der Waals surface area contributed by atoms with Crippen LogP contribution in [0.25, 0.3) is 0 Å². The molecule has 0 aliphatic carbocycles. The fraction of sp³-hybridized carbons (Fsp3) is 0.421. The molecule has 16 heteroatoms. The number of carboxylic acids is 2. The first-order valence-electron chi connectivity index (χ1n) is 9.99. The molecule has 3 atom stereocenters. The monoisotopic (exact) mass is 527 g/mol. The zero-order valence-corrected chi connectivity index (χ0v) is 20.1. The number of nitrogens with one attached hydrogen (secondary N) is 1. The minimum atomic E-state index is -1.36. The summed E-state index contributed by atoms with van der Waals surface area (Å²) in [5.41, 5.74) is 5.32. The van der Waals surface area contributed by atoms with Gasteiger partial charge in [0.1, 0.15) is 36.0 Å². The number of anilines is 1. The minimum Gasteiger partial charge on any atom is -0.481 e. The highest BCUT2D eigenvalue weighted by Crippen LogP contribution is 2.40. The van der Waals surface area contributed by atoms with Gasteiger partial charge in [-0.1, -0.05) is 5.16 Å². The molecule has 1 aromatic rings. The van der Waals surface area contributed by atoms with Gasteiger partial charge in [-0.15, -0.1) is 23.1 Å². The molecule has 0 radical (unpaired) electrons. The summed E-state index contributed by atoms with van der Waals surface area (Å²) >= 11 is 2.22. The second kappa shape index (κ2) is 10.7. The van der Waals surface area contributed by atoms with Gasteiger partial charge in [0.05, 0.1) is 5.92 Å². The van der Waals surface area contributed by atoms with Crippen molar-refractivity contribution in [3.8, 4) is 0 Å². The number of aromatic nitrogens is 1. The molecule has 1 aromatic heterocycles. The van der Waals surface area contributed by atoms with Gasteiger partial charge < -0.3 is 30.8 Å². The molecule has 2 amide bonds. The Balaban J connectivity index is 1.77. The lowest BCUT2D eigenvalue weighted by Gasteiger charge is -2.49. The summed E-state index contributed by atoms with van der Waals surface area (Å²) in [7, 11) is 0. The quantitative estimate of drug-likeness (QED) is 0.131. The molecule has 1 fully saturated rings. The predicted octanol–water partition coefficient (Wildman–Crippen LogP) is -0.532. The van der Waals surface area contributed by atoms with Gasteiger partial charge in [0, 0.05) is 23.6 Å². The number of nitrogens with two attached hydrogens (primary N) is 1. The molecule has 3 heterocycles. The van der Waals surface area contributed by atoms with E-state index in [9.17, 15) is 29.1 Å². The number of rotatable bonds is 10. The van der Waals surface area contributed by atoms with E-state index in [1.807, 2.05) is 0 Å². The number of carboxylic acid groups (broad SMARTS) is 2. The van der Waals surface area contributed by atoms with Crippen LogP contribution in [-0.4, -0.2) is 85.9 Å². The van der Waals surface area contributed by atoms with Crippen molar-refractivity contribution in [3.63, 3.8) is 0 Å². The van der Waals surface area contributed by atoms with Crippen molar-refractivity contribution in [2.75, 3.05) is 24.7 Å². The first kappa shape index (κ1) is 26.0. The van der Waals surface area contributed by atoms with Crippen LogP contribution in [0.5, 0.6) is 0 Å². The largest absolute Gasteiger partial charge is 0.481 e. The zero-order chi connectivity index (χ0) is 25.9. The molecular formula is C19H21N5O9S2. The highest BCUT2D eigenvalue weighted by molar-refractivity contribution is 8.00. The Kier molecular flexibility index (Phi) is 7.96. The van der Waals surface area contributed by atoms with Crippen LogP contribution in [0.4, 0.5) is 5.13 Å². The van der Waals surface area contributed by atoms with E-state index in [2.05, 4.69) is 15.5 Å². The van der Waals surface area contributed by atoms with Gasteiger partial charge in [0.15, 0.2) is 10.8 Å². The Morgan fingerprint density at radius 3 is 2.66 bits per heavy atom. The third-order valence-corrected chi connectivity index (χ3v) is 6.88. The molecule has 5 N–H and O–H groups in total. The summed E-state index contributed by atoms with van der Waals surface area (Å²) in [6.45, 7) is 1.98. The van der Waals surface area contributed by atoms with Gasteiger partial charge in [-0.05, 0) is 6.92 Å². The topological polar surface area (TPSA) is 211 Å². The number of amides is 2. The SMILES string of the molecule is CC(=O)OCC1=C(C(=O)O)N2C(=O)C(NC(=O)/C(=N\OCC(C)C(=O)O)c3csc(N)n3)[C@H]2SC1. The van der Waals surface area contributed by atoms with Crippen LogP contribution in [-0.2, 0) is 33.5 Å². The first-order valence-corrected chi connectivity index (χ1v) is 11.9. The van der Waals surface area contributed by atoms with Crippen molar-refractivity contribution in [2.45, 2.75) is 25.3 Å². The molecule has 0 spiro atoms. The smallest absolute Gasteiger partial charge is 0.352 e. The number of carbonyl (C=O) groups excluding carboxylic acids is 3. The van der Waals surface area contributed by atoms with Crippen molar-refractivity contribution in [1.82, 2.24) is 15.2 Å². The molecular weight excluding hydrogens is 506 g/mol. The van der Waals surface area contributed by atoms with Crippen LogP contribution in [0.15, 0.2) is 21.8 Å². The van der Waals surface area contributed by atoms with E-state index < -0.39 is 47.1 Å². The van der Waals surface area contributed by atoms with E-state index in [4.69, 9.17) is 20.4 Å². The van der Waals surface area contributed by atoms with Crippen LogP contribution in [0.1, 0.15) is 19.5 Å². The Labute approximate surface area is 206 Å². The van der Waals surface area contributed by atoms with Crippen molar-refractivity contribution in [1.29, 1.82) is 0 Å². The number of ether oxygens (including phenoxy) is 1. The van der Waals surface area contributed by atoms with Crippen LogP contribution in [0, 0.1) is 5.92 Å². The number of oxime groups is 1. The number of nitrogen functional groups attached to an aromatic ring is 1. The summed E-state index contributed by atoms with van der Waals surface area (Å²) in [5, 5.41) is 25.7. The highest BCUT2D eigenvalue weighted by atomic mass is 32.2. The standard InChI is InChI=1S/C19H21N5O9S2/c1-7(17(28)29)3-33-23-11(10-6-35-19(20)21-10)14(26)22-12-15(27)24-13(18(30)31)9(4-32-8(2)25)5-34-16(12)24/h6-7,12,16H,3-5H2,1-2H3,(H2,20,21)(H,22,26)(H,28,29)(H,30,31)/b23-11-/t7?,12?,16-/m1/s1. The van der Waals surface area contributed by atoms with Gasteiger partial charge in [0.2, 0.25) is 0 Å². The summed E-state index contributed by atoms with van der Waals surface area (Å²) < 4.78 is 4.88. The molecule has 1 saturated heterocycles. The lowest BCUT2D eigenvalue weighted by Crippen LogP contribution is -2.71. The van der Waals surface area contributed by atoms with Crippen LogP contribution >= 0.6 is 23.1 Å². The third-order valence-electron chi connectivity index (χ3n) is 4.87. The normalized spacial score (nSPS) is 20.5. The number of esters is 1. The molecule has 0 bridgehead atoms. The zero-order valence-electron chi connectivity index (χ0n) is 18.4. The number of hydrogen-bond acceptors (Lipinski definition) is 12. The van der Waals surface area contributed by atoms with E-state index in [0.717, 1.165) is 16.2 Å². The molecule has 2 aliphatic heterocycles. The number of aliphatic carboxylic acids is 2. The molecule has 2 aliphatic rings. The maximum absolute atomic E-state index is 13.0. The maximum Gasteiger partial charge on any atom is 0.352 e. The third kappa shape index (κ3) is 5.71. The molecule has 35 heavy (non-hydrogen) atoms. The Morgan fingerprint density at radius 1 is 1.37 bits per heavy atom. The van der Waals surface area contributed by atoms with E-state index in [0.29, 0.717) is 0 Å². The predicted molar refractivity (Wildman–Crippen MR) is 122 cm³/mol. The second-order valence-corrected chi connectivity index (χ2v) is 9.44. The van der Waals surface area contributed by atoms with Crippen molar-refractivity contribution < 1.29 is 43.8 Å². The summed E-state index contributed by atoms with van der Waals surface area (Å²) in [4.78, 5) is 69.7. The lowest BCUT2D eigenvalue weighted by molar-refractivity contribution is -0.150. The van der Waals surface area contributed by atoms with Gasteiger partial charge in [0.25, 0.3) is 11.8 Å².